The highest BCUT2D eigenvalue weighted by Crippen LogP contribution is 2.65. The maximum absolute atomic E-state index is 17.2. The van der Waals surface area contributed by atoms with Crippen molar-refractivity contribution in [2.75, 3.05) is 63.5 Å². The number of amides is 2. The topological polar surface area (TPSA) is 517 Å². The number of fused-ring (bicyclic) bond motifs is 8. The Balaban J connectivity index is 0.000000201. The summed E-state index contributed by atoms with van der Waals surface area (Å²) >= 11 is 5.82. The van der Waals surface area contributed by atoms with Crippen molar-refractivity contribution in [1.29, 1.82) is 21.0 Å². The van der Waals surface area contributed by atoms with E-state index in [1.54, 1.807) is 88.4 Å². The van der Waals surface area contributed by atoms with Crippen LogP contribution < -0.4 is 10.6 Å². The van der Waals surface area contributed by atoms with Gasteiger partial charge in [0.05, 0.1) is 115 Å². The van der Waals surface area contributed by atoms with E-state index in [9.17, 15) is 49.8 Å². The van der Waals surface area contributed by atoms with E-state index >= 15 is 17.6 Å². The second kappa shape index (κ2) is 42.1. The zero-order valence-corrected chi connectivity index (χ0v) is 73.1. The normalized spacial score (nSPS) is 29.6. The van der Waals surface area contributed by atoms with Crippen LogP contribution >= 0.6 is 31.0 Å². The van der Waals surface area contributed by atoms with E-state index in [1.165, 1.54) is 56.2 Å². The highest BCUT2D eigenvalue weighted by atomic mass is 32.5. The van der Waals surface area contributed by atoms with Gasteiger partial charge in [0.1, 0.15) is 87.3 Å². The van der Waals surface area contributed by atoms with Crippen LogP contribution in [0.25, 0.3) is 22.3 Å². The molecule has 2 aromatic carbocycles. The molecule has 8 aromatic rings. The first-order chi connectivity index (χ1) is 63.1. The first kappa shape index (κ1) is 95.6. The maximum atomic E-state index is 17.2. The molecule has 53 heteroatoms. The summed E-state index contributed by atoms with van der Waals surface area (Å²) in [5.41, 5.74) is 1.81. The van der Waals surface area contributed by atoms with Crippen molar-refractivity contribution >= 4 is 150 Å². The van der Waals surface area contributed by atoms with Crippen LogP contribution in [0.4, 0.5) is 40.8 Å². The summed E-state index contributed by atoms with van der Waals surface area (Å²) in [7, 11) is -11.7. The van der Waals surface area contributed by atoms with Gasteiger partial charge in [-0.1, -0.05) is 64.1 Å². The quantitative estimate of drug-likeness (QED) is 0.0220. The number of Topliss-reactive ketones (excluding diaryl/α,β-unsaturated/α-hetero) is 4. The summed E-state index contributed by atoms with van der Waals surface area (Å²) in [6.07, 6.45) is -18.1. The number of ether oxygens (including phenoxy) is 4. The van der Waals surface area contributed by atoms with Crippen molar-refractivity contribution in [3.63, 3.8) is 0 Å². The van der Waals surface area contributed by atoms with Crippen LogP contribution in [0.1, 0.15) is 146 Å². The van der Waals surface area contributed by atoms with Crippen LogP contribution in [0.3, 0.4) is 0 Å². The molecule has 690 valence electrons. The molecule has 42 nitrogen and oxygen atoms in total. The minimum absolute atomic E-state index is 0.0118. The molecule has 16 rings (SSSR count). The summed E-state index contributed by atoms with van der Waals surface area (Å²) in [5, 5.41) is 42.8. The number of imidazole rings is 4. The minimum atomic E-state index is -4.08. The van der Waals surface area contributed by atoms with Gasteiger partial charge >= 0.3 is 15.3 Å². The third-order valence-electron chi connectivity index (χ3n) is 20.8. The number of hydrogen-bond donors (Lipinski definition) is 2. The lowest BCUT2D eigenvalue weighted by Gasteiger charge is -2.33. The van der Waals surface area contributed by atoms with E-state index in [1.807, 2.05) is 24.3 Å². The molecular formula is C78H86B2F4N20O22P4S. The highest BCUT2D eigenvalue weighted by Gasteiger charge is 2.60. The number of halogens is 4. The average molecular weight is 1910 g/mol. The van der Waals surface area contributed by atoms with E-state index in [0.717, 1.165) is 0 Å². The highest BCUT2D eigenvalue weighted by molar-refractivity contribution is 8.07. The zero-order valence-electron chi connectivity index (χ0n) is 68.7. The molecule has 6 fully saturated rings. The fourth-order valence-electron chi connectivity index (χ4n) is 14.2. The molecule has 131 heavy (non-hydrogen) atoms. The molecule has 0 radical (unpaired) electrons. The first-order valence-electron chi connectivity index (χ1n) is 40.3. The van der Waals surface area contributed by atoms with E-state index in [-0.39, 0.29) is 164 Å². The number of anilines is 2. The van der Waals surface area contributed by atoms with E-state index in [0.29, 0.717) is 16.8 Å². The summed E-state index contributed by atoms with van der Waals surface area (Å²) in [6, 6.07) is 24.8. The fraction of sp³-hybridized carbons (Fsp3) is 0.487. The number of aromatic nitrogens is 12. The smallest absolute Gasteiger partial charge is 0.333 e. The molecule has 14 heterocycles. The summed E-state index contributed by atoms with van der Waals surface area (Å²) < 4.78 is 173. The third-order valence-corrected chi connectivity index (χ3v) is 26.6. The fourth-order valence-corrected chi connectivity index (χ4v) is 19.8. The minimum Gasteiger partial charge on any atom is -0.346 e. The summed E-state index contributed by atoms with van der Waals surface area (Å²) in [4.78, 5) is 121. The molecule has 2 N–H and O–H groups in total. The Morgan fingerprint density at radius 2 is 0.947 bits per heavy atom. The summed E-state index contributed by atoms with van der Waals surface area (Å²) in [6.45, 7) is 0.353. The van der Waals surface area contributed by atoms with Crippen LogP contribution in [0.2, 0.25) is 0 Å². The molecule has 8 aliphatic rings. The molecule has 0 bridgehead atoms. The number of hydrogen-bond acceptors (Lipinski definition) is 37. The van der Waals surface area contributed by atoms with Gasteiger partial charge in [0.25, 0.3) is 11.8 Å². The molecule has 20 atom stereocenters. The zero-order chi connectivity index (χ0) is 92.6. The molecule has 0 spiro atoms. The molecule has 6 saturated heterocycles. The van der Waals surface area contributed by atoms with Gasteiger partial charge in [0, 0.05) is 47.2 Å². The Kier molecular flexibility index (Phi) is 30.7. The number of nitrogens with one attached hydrogen (secondary N) is 2. The van der Waals surface area contributed by atoms with Crippen LogP contribution in [-0.4, -0.2) is 246 Å². The van der Waals surface area contributed by atoms with Gasteiger partial charge in [-0.15, -0.1) is 0 Å². The summed E-state index contributed by atoms with van der Waals surface area (Å²) in [5.74, 6) is -2.44. The number of carbonyl (C=O) groups is 6. The molecule has 8 aliphatic heterocycles. The number of nitrogens with zero attached hydrogens (tertiary/aromatic N) is 18. The number of aliphatic imine (C=N–C) groups is 2. The van der Waals surface area contributed by atoms with Crippen molar-refractivity contribution in [2.45, 2.75) is 177 Å². The third kappa shape index (κ3) is 21.5. The SMILES string of the molecule is [BH3-][P+]1(OCCC#N)OC[C@H]2O[C@@H](n3cnc4c3N=C(CC(=O)C(C)C)CC4=O)[C@H](F)[C@@H]2OP(=S)(OCCC#N)OCC2O[C@@H](n3cnc4c(NC(=O)c5ccccc5)ncnc43)[C@H](F)[C@@H]2O1.[BH3-][P+]1(OCCC#N)OC[C@H]2O[C@@H](n3cnc4c3N=C(CC(=O)C(C)C)CC4=O)[C@H](F)[C@@H]2OP(OCCC#N)OCC2O[C@@H](n3cnc4c(NC(=O)c5ccccc5)ncnc43)[C@H](F)[C@@H]2O1. The Hall–Kier alpha value is -9.97. The van der Waals surface area contributed by atoms with E-state index in [2.05, 4.69) is 60.5 Å². The van der Waals surface area contributed by atoms with Gasteiger partial charge in [0.15, 0.2) is 130 Å². The monoisotopic (exact) mass is 1910 g/mol. The standard InChI is InChI=1S/C39H43BF2N10O11P2S.C39H43BF2N10O11P2/c1-21(2)24(53)14-23-15-25(54)30-36(49-23)52(19-47-30)39-29(42)33-26(60-39)16-58-64(40,56-12-6-10-43)62-32-27(17-59-65(66,63-33)57-13-7-11-44)61-38(28(32)41)51-20-48-31-34(45-18-46-35(31)51)50-37(55)22-8-4-3-5-9-22;1-21(2)24(53)14-23-15-25(54)30-36(49-23)52(19-47-30)38-28(41)32-27(61-38)17-59-65(40,58-13-7-11-44)63-33-26(16-57-64(62-32)56-12-6-10-43)60-39(29(33)42)51-20-48-31-34(45-18-46-35(31)51)50-37(55)22-8-4-3-5-9-22/h3-5,8-9,18-21,26-29,32-33,38-39H,6-7,12-17H2,1-2,40H3,(H,45,46,50,55);3-5,8-9,18-21,26-29,32-33,38-39H,6-7,12-17H2,1-2,40H3,(H,45,46,50,55)/t26-,27?,28-,29-,32-,33-,38-,39-,64?,65?;26?,27-,28-,29-,32-,33-,38-,39-,64?,65?/m11/s1. The second-order valence-corrected chi connectivity index (χ2v) is 36.6. The van der Waals surface area contributed by atoms with Crippen molar-refractivity contribution in [3.05, 3.63) is 121 Å². The van der Waals surface area contributed by atoms with Crippen molar-refractivity contribution in [1.82, 2.24) is 58.1 Å². The van der Waals surface area contributed by atoms with Crippen molar-refractivity contribution < 1.29 is 120 Å². The van der Waals surface area contributed by atoms with Gasteiger partial charge in [-0.3, -0.25) is 51.6 Å². The van der Waals surface area contributed by atoms with Crippen molar-refractivity contribution in [2.24, 2.45) is 21.8 Å². The number of benzene rings is 2. The second-order valence-electron chi connectivity index (χ2n) is 30.1. The number of rotatable bonds is 26. The lowest BCUT2D eigenvalue weighted by molar-refractivity contribution is -0.121. The Labute approximate surface area is 753 Å². The Morgan fingerprint density at radius 3 is 1.40 bits per heavy atom. The van der Waals surface area contributed by atoms with E-state index < -0.39 is 194 Å². The number of alkyl halides is 4. The molecule has 6 aromatic heterocycles. The largest absolute Gasteiger partial charge is 0.346 e. The molecule has 0 aliphatic carbocycles. The van der Waals surface area contributed by atoms with Gasteiger partial charge in [-0.2, -0.15) is 21.0 Å². The number of ketones is 4. The Morgan fingerprint density at radius 1 is 0.542 bits per heavy atom. The van der Waals surface area contributed by atoms with Gasteiger partial charge in [-0.05, 0) is 36.1 Å². The van der Waals surface area contributed by atoms with Gasteiger partial charge < -0.3 is 52.2 Å². The lowest BCUT2D eigenvalue weighted by atomic mass is 9.98. The van der Waals surface area contributed by atoms with Crippen molar-refractivity contribution in [3.8, 4) is 24.3 Å². The molecule has 2 amide bonds. The molecular weight excluding hydrogens is 1820 g/mol. The van der Waals surface area contributed by atoms with Crippen LogP contribution in [-0.2, 0) is 94.6 Å². The van der Waals surface area contributed by atoms with Gasteiger partial charge in [0.2, 0.25) is 30.8 Å². The van der Waals surface area contributed by atoms with Crippen LogP contribution in [0.15, 0.2) is 109 Å². The maximum Gasteiger partial charge on any atom is 0.333 e. The predicted molar refractivity (Wildman–Crippen MR) is 463 cm³/mol. The van der Waals surface area contributed by atoms with Gasteiger partial charge in [-0.25, -0.2) is 94.6 Å². The molecule has 0 saturated carbocycles. The first-order valence-corrected chi connectivity index (χ1v) is 46.1. The predicted octanol–water partition coefficient (Wildman–Crippen LogP) is 9.33. The number of nitriles is 4. The average Bonchev–Trinajstić information content (AvgIpc) is 1.64. The van der Waals surface area contributed by atoms with Crippen LogP contribution in [0.5, 0.6) is 0 Å². The van der Waals surface area contributed by atoms with E-state index in [4.69, 9.17) is 85.0 Å². The van der Waals surface area contributed by atoms with Crippen LogP contribution in [0, 0.1) is 57.2 Å². The lowest BCUT2D eigenvalue weighted by Crippen LogP contribution is -2.38. The molecule has 6 unspecified atom stereocenters. The number of carbonyl (C=O) groups excluding carboxylic acids is 6. The Bertz CT molecular complexity index is 5880.